The topological polar surface area (TPSA) is 56.1 Å². The molecule has 0 bridgehead atoms. The van der Waals surface area contributed by atoms with Gasteiger partial charge >= 0.3 is 5.97 Å². The van der Waals surface area contributed by atoms with Crippen molar-refractivity contribution in [1.82, 2.24) is 15.1 Å². The van der Waals surface area contributed by atoms with E-state index < -0.39 is 0 Å². The zero-order valence-electron chi connectivity index (χ0n) is 9.19. The predicted molar refractivity (Wildman–Crippen MR) is 56.2 cm³/mol. The van der Waals surface area contributed by atoms with Crippen LogP contribution in [0.4, 0.5) is 0 Å². The SMILES string of the molecule is CCOC(=O)CCn1cc(CNC)cn1. The lowest BCUT2D eigenvalue weighted by molar-refractivity contribution is -0.143. The zero-order chi connectivity index (χ0) is 11.1. The maximum Gasteiger partial charge on any atom is 0.307 e. The number of aromatic nitrogens is 2. The molecule has 0 aliphatic carbocycles. The van der Waals surface area contributed by atoms with Gasteiger partial charge < -0.3 is 10.1 Å². The lowest BCUT2D eigenvalue weighted by Gasteiger charge is -2.01. The third-order valence-corrected chi connectivity index (χ3v) is 1.92. The van der Waals surface area contributed by atoms with E-state index in [9.17, 15) is 4.79 Å². The van der Waals surface area contributed by atoms with Crippen molar-refractivity contribution in [2.45, 2.75) is 26.4 Å². The minimum Gasteiger partial charge on any atom is -0.466 e. The van der Waals surface area contributed by atoms with E-state index in [-0.39, 0.29) is 5.97 Å². The first-order chi connectivity index (χ1) is 7.26. The summed E-state index contributed by atoms with van der Waals surface area (Å²) in [4.78, 5) is 11.1. The van der Waals surface area contributed by atoms with Crippen LogP contribution in [0.15, 0.2) is 12.4 Å². The molecule has 1 aromatic rings. The Bertz CT molecular complexity index is 309. The zero-order valence-corrected chi connectivity index (χ0v) is 9.19. The molecule has 0 saturated carbocycles. The molecule has 15 heavy (non-hydrogen) atoms. The van der Waals surface area contributed by atoms with Gasteiger partial charge in [-0.15, -0.1) is 0 Å². The second-order valence-electron chi connectivity index (χ2n) is 3.20. The summed E-state index contributed by atoms with van der Waals surface area (Å²) >= 11 is 0. The molecule has 0 aromatic carbocycles. The molecule has 1 rings (SSSR count). The molecule has 0 fully saturated rings. The van der Waals surface area contributed by atoms with Gasteiger partial charge in [-0.1, -0.05) is 0 Å². The van der Waals surface area contributed by atoms with Crippen LogP contribution in [-0.4, -0.2) is 29.4 Å². The molecule has 0 amide bonds. The number of nitrogens with one attached hydrogen (secondary N) is 1. The summed E-state index contributed by atoms with van der Waals surface area (Å²) in [5.41, 5.74) is 1.11. The maximum atomic E-state index is 11.1. The van der Waals surface area contributed by atoms with Gasteiger partial charge in [0.15, 0.2) is 0 Å². The van der Waals surface area contributed by atoms with Gasteiger partial charge in [-0.25, -0.2) is 0 Å². The molecule has 0 spiro atoms. The van der Waals surface area contributed by atoms with E-state index in [1.807, 2.05) is 13.2 Å². The van der Waals surface area contributed by atoms with Crippen LogP contribution in [-0.2, 0) is 22.6 Å². The van der Waals surface area contributed by atoms with Gasteiger partial charge in [-0.3, -0.25) is 9.48 Å². The summed E-state index contributed by atoms with van der Waals surface area (Å²) in [5, 5.41) is 7.17. The van der Waals surface area contributed by atoms with Gasteiger partial charge in [-0.05, 0) is 14.0 Å². The fourth-order valence-corrected chi connectivity index (χ4v) is 1.26. The van der Waals surface area contributed by atoms with Crippen molar-refractivity contribution in [3.8, 4) is 0 Å². The third-order valence-electron chi connectivity index (χ3n) is 1.92. The van der Waals surface area contributed by atoms with Crippen molar-refractivity contribution in [3.05, 3.63) is 18.0 Å². The average Bonchev–Trinajstić information content (AvgIpc) is 2.64. The number of hydrogen-bond donors (Lipinski definition) is 1. The Morgan fingerprint density at radius 1 is 1.67 bits per heavy atom. The second-order valence-corrected chi connectivity index (χ2v) is 3.20. The van der Waals surface area contributed by atoms with Crippen LogP contribution in [0.2, 0.25) is 0 Å². The van der Waals surface area contributed by atoms with Crippen molar-refractivity contribution in [2.24, 2.45) is 0 Å². The number of esters is 1. The number of rotatable bonds is 6. The number of nitrogens with zero attached hydrogens (tertiary/aromatic N) is 2. The van der Waals surface area contributed by atoms with Gasteiger partial charge in [0.05, 0.1) is 25.8 Å². The summed E-state index contributed by atoms with van der Waals surface area (Å²) in [6.07, 6.45) is 4.09. The monoisotopic (exact) mass is 211 g/mol. The summed E-state index contributed by atoms with van der Waals surface area (Å²) in [5.74, 6) is -0.178. The molecule has 5 nitrogen and oxygen atoms in total. The Hall–Kier alpha value is -1.36. The lowest BCUT2D eigenvalue weighted by Crippen LogP contribution is -2.09. The predicted octanol–water partition coefficient (Wildman–Crippen LogP) is 0.556. The lowest BCUT2D eigenvalue weighted by atomic mass is 10.3. The Kier molecular flexibility index (Phi) is 4.83. The van der Waals surface area contributed by atoms with Gasteiger partial charge in [0.1, 0.15) is 0 Å². The van der Waals surface area contributed by atoms with Crippen molar-refractivity contribution in [3.63, 3.8) is 0 Å². The van der Waals surface area contributed by atoms with E-state index in [0.29, 0.717) is 19.6 Å². The molecular weight excluding hydrogens is 194 g/mol. The highest BCUT2D eigenvalue weighted by Gasteiger charge is 2.03. The number of ether oxygens (including phenoxy) is 1. The molecule has 1 N–H and O–H groups in total. The smallest absolute Gasteiger partial charge is 0.307 e. The molecule has 0 atom stereocenters. The molecule has 0 unspecified atom stereocenters. The summed E-state index contributed by atoms with van der Waals surface area (Å²) < 4.78 is 6.58. The van der Waals surface area contributed by atoms with E-state index in [1.165, 1.54) is 0 Å². The largest absolute Gasteiger partial charge is 0.466 e. The Morgan fingerprint density at radius 2 is 2.47 bits per heavy atom. The Labute approximate surface area is 89.4 Å². The average molecular weight is 211 g/mol. The fourth-order valence-electron chi connectivity index (χ4n) is 1.26. The molecular formula is C10H17N3O2. The number of aryl methyl sites for hydroxylation is 1. The van der Waals surface area contributed by atoms with Crippen LogP contribution in [0.25, 0.3) is 0 Å². The van der Waals surface area contributed by atoms with Crippen LogP contribution >= 0.6 is 0 Å². The first-order valence-electron chi connectivity index (χ1n) is 5.07. The van der Waals surface area contributed by atoms with Crippen LogP contribution in [0, 0.1) is 0 Å². The Morgan fingerprint density at radius 3 is 3.13 bits per heavy atom. The summed E-state index contributed by atoms with van der Waals surface area (Å²) in [6.45, 7) is 3.60. The van der Waals surface area contributed by atoms with Gasteiger partial charge in [-0.2, -0.15) is 5.10 Å². The first kappa shape index (κ1) is 11.7. The van der Waals surface area contributed by atoms with Crippen LogP contribution in [0.5, 0.6) is 0 Å². The second kappa shape index (κ2) is 6.19. The van der Waals surface area contributed by atoms with Crippen LogP contribution in [0.3, 0.4) is 0 Å². The van der Waals surface area contributed by atoms with Gasteiger partial charge in [0, 0.05) is 18.3 Å². The number of carbonyl (C=O) groups excluding carboxylic acids is 1. The third kappa shape index (κ3) is 4.12. The van der Waals surface area contributed by atoms with Crippen molar-refractivity contribution in [2.75, 3.05) is 13.7 Å². The molecule has 5 heteroatoms. The van der Waals surface area contributed by atoms with E-state index in [0.717, 1.165) is 12.1 Å². The molecule has 0 aliphatic heterocycles. The molecule has 84 valence electrons. The van der Waals surface area contributed by atoms with Gasteiger partial charge in [0.25, 0.3) is 0 Å². The highest BCUT2D eigenvalue weighted by atomic mass is 16.5. The van der Waals surface area contributed by atoms with Gasteiger partial charge in [0.2, 0.25) is 0 Å². The number of hydrogen-bond acceptors (Lipinski definition) is 4. The Balaban J connectivity index is 2.34. The van der Waals surface area contributed by atoms with Crippen LogP contribution in [0.1, 0.15) is 18.9 Å². The minimum atomic E-state index is -0.178. The number of carbonyl (C=O) groups is 1. The highest BCUT2D eigenvalue weighted by molar-refractivity contribution is 5.69. The van der Waals surface area contributed by atoms with Crippen molar-refractivity contribution in [1.29, 1.82) is 0 Å². The minimum absolute atomic E-state index is 0.178. The highest BCUT2D eigenvalue weighted by Crippen LogP contribution is 1.98. The molecule has 0 radical (unpaired) electrons. The maximum absolute atomic E-state index is 11.1. The fraction of sp³-hybridized carbons (Fsp3) is 0.600. The molecule has 0 aliphatic rings. The van der Waals surface area contributed by atoms with E-state index in [1.54, 1.807) is 17.8 Å². The molecule has 1 aromatic heterocycles. The van der Waals surface area contributed by atoms with Crippen molar-refractivity contribution < 1.29 is 9.53 Å². The van der Waals surface area contributed by atoms with Crippen molar-refractivity contribution >= 4 is 5.97 Å². The standard InChI is InChI=1S/C10H17N3O2/c1-3-15-10(14)4-5-13-8-9(6-11-2)7-12-13/h7-8,11H,3-6H2,1-2H3. The quantitative estimate of drug-likeness (QED) is 0.698. The van der Waals surface area contributed by atoms with E-state index in [4.69, 9.17) is 4.74 Å². The van der Waals surface area contributed by atoms with E-state index in [2.05, 4.69) is 10.4 Å². The molecule has 0 saturated heterocycles. The van der Waals surface area contributed by atoms with Crippen LogP contribution < -0.4 is 5.32 Å². The van der Waals surface area contributed by atoms with E-state index >= 15 is 0 Å². The molecule has 1 heterocycles. The summed E-state index contributed by atoms with van der Waals surface area (Å²) in [7, 11) is 1.88. The first-order valence-corrected chi connectivity index (χ1v) is 5.07. The summed E-state index contributed by atoms with van der Waals surface area (Å²) in [6, 6.07) is 0. The normalized spacial score (nSPS) is 10.3.